The van der Waals surface area contributed by atoms with Gasteiger partial charge in [0.2, 0.25) is 5.91 Å². The van der Waals surface area contributed by atoms with E-state index in [1.54, 1.807) is 0 Å². The summed E-state index contributed by atoms with van der Waals surface area (Å²) in [5.74, 6) is 0.553. The first-order valence-electron chi connectivity index (χ1n) is 7.22. The number of ether oxygens (including phenoxy) is 2. The van der Waals surface area contributed by atoms with Crippen molar-refractivity contribution >= 4 is 5.91 Å². The number of nitrogens with one attached hydrogen (secondary N) is 1. The lowest BCUT2D eigenvalue weighted by atomic mass is 9.86. The molecule has 1 aliphatic heterocycles. The van der Waals surface area contributed by atoms with E-state index in [1.807, 2.05) is 6.92 Å². The minimum atomic E-state index is -0.341. The second-order valence-corrected chi connectivity index (χ2v) is 5.70. The molecule has 1 spiro atoms. The maximum Gasteiger partial charge on any atom is 0.220 e. The molecule has 4 heteroatoms. The molecule has 1 aliphatic carbocycles. The van der Waals surface area contributed by atoms with Crippen LogP contribution in [0, 0.1) is 5.92 Å². The molecule has 1 unspecified atom stereocenters. The summed E-state index contributed by atoms with van der Waals surface area (Å²) in [6, 6.07) is 0. The molecule has 0 aromatic heterocycles. The molecule has 1 amide bonds. The lowest BCUT2D eigenvalue weighted by molar-refractivity contribution is -0.191. The van der Waals surface area contributed by atoms with E-state index < -0.39 is 0 Å². The van der Waals surface area contributed by atoms with Gasteiger partial charge in [-0.3, -0.25) is 4.79 Å². The second-order valence-electron chi connectivity index (χ2n) is 5.70. The van der Waals surface area contributed by atoms with E-state index in [2.05, 4.69) is 12.2 Å². The van der Waals surface area contributed by atoms with Gasteiger partial charge in [-0.15, -0.1) is 0 Å². The summed E-state index contributed by atoms with van der Waals surface area (Å²) in [6.07, 6.45) is 5.84. The van der Waals surface area contributed by atoms with Gasteiger partial charge >= 0.3 is 0 Å². The van der Waals surface area contributed by atoms with Crippen LogP contribution in [0.25, 0.3) is 0 Å². The zero-order valence-electron chi connectivity index (χ0n) is 11.5. The predicted molar refractivity (Wildman–Crippen MR) is 69.1 cm³/mol. The highest BCUT2D eigenvalue weighted by molar-refractivity contribution is 5.75. The van der Waals surface area contributed by atoms with Crippen LogP contribution in [0.4, 0.5) is 0 Å². The summed E-state index contributed by atoms with van der Waals surface area (Å²) in [4.78, 5) is 11.4. The van der Waals surface area contributed by atoms with Gasteiger partial charge in [-0.1, -0.05) is 13.8 Å². The Kier molecular flexibility index (Phi) is 4.62. The first-order chi connectivity index (χ1) is 8.63. The van der Waals surface area contributed by atoms with Crippen molar-refractivity contribution in [1.29, 1.82) is 0 Å². The van der Waals surface area contributed by atoms with Crippen molar-refractivity contribution in [2.75, 3.05) is 13.2 Å². The third-order valence-corrected chi connectivity index (χ3v) is 3.95. The summed E-state index contributed by atoms with van der Waals surface area (Å²) in [5.41, 5.74) is 0. The van der Waals surface area contributed by atoms with Gasteiger partial charge in [0.25, 0.3) is 0 Å². The average molecular weight is 255 g/mol. The molecule has 104 valence electrons. The summed E-state index contributed by atoms with van der Waals surface area (Å²) >= 11 is 0. The Balaban J connectivity index is 1.73. The lowest BCUT2D eigenvalue weighted by Crippen LogP contribution is -2.38. The largest absolute Gasteiger partial charge is 0.353 e. The number of rotatable bonds is 4. The zero-order chi connectivity index (χ0) is 13.0. The molecule has 2 fully saturated rings. The highest BCUT2D eigenvalue weighted by Gasteiger charge is 2.43. The highest BCUT2D eigenvalue weighted by Crippen LogP contribution is 2.39. The van der Waals surface area contributed by atoms with Gasteiger partial charge in [0.1, 0.15) is 6.10 Å². The third kappa shape index (κ3) is 3.45. The first kappa shape index (κ1) is 13.8. The van der Waals surface area contributed by atoms with E-state index >= 15 is 0 Å². The molecule has 1 N–H and O–H groups in total. The van der Waals surface area contributed by atoms with Crippen LogP contribution in [0.5, 0.6) is 0 Å². The Bertz CT molecular complexity index is 285. The zero-order valence-corrected chi connectivity index (χ0v) is 11.5. The highest BCUT2D eigenvalue weighted by atomic mass is 16.7. The van der Waals surface area contributed by atoms with Crippen LogP contribution < -0.4 is 5.32 Å². The van der Waals surface area contributed by atoms with Crippen LogP contribution in [0.1, 0.15) is 52.4 Å². The van der Waals surface area contributed by atoms with Crippen molar-refractivity contribution in [3.63, 3.8) is 0 Å². The molecule has 1 heterocycles. The minimum Gasteiger partial charge on any atom is -0.353 e. The minimum absolute atomic E-state index is 0.0270. The molecule has 1 saturated carbocycles. The van der Waals surface area contributed by atoms with Crippen molar-refractivity contribution < 1.29 is 14.3 Å². The smallest absolute Gasteiger partial charge is 0.220 e. The first-order valence-corrected chi connectivity index (χ1v) is 7.22. The van der Waals surface area contributed by atoms with Gasteiger partial charge in [0, 0.05) is 25.8 Å². The second kappa shape index (κ2) is 6.02. The van der Waals surface area contributed by atoms with Crippen LogP contribution in [-0.2, 0) is 14.3 Å². The molecule has 0 bridgehead atoms. The third-order valence-electron chi connectivity index (χ3n) is 3.95. The summed E-state index contributed by atoms with van der Waals surface area (Å²) < 4.78 is 11.9. The van der Waals surface area contributed by atoms with Crippen LogP contribution in [0.15, 0.2) is 0 Å². The molecule has 0 aromatic rings. The fraction of sp³-hybridized carbons (Fsp3) is 0.929. The Morgan fingerprint density at radius 3 is 2.78 bits per heavy atom. The van der Waals surface area contributed by atoms with E-state index in [0.29, 0.717) is 19.6 Å². The SMILES string of the molecule is CCCC(=O)NCC1COC2(CCC(C)CC2)O1. The monoisotopic (exact) mass is 255 g/mol. The van der Waals surface area contributed by atoms with Crippen LogP contribution in [0.3, 0.4) is 0 Å². The molecular formula is C14H25NO3. The number of hydrogen-bond donors (Lipinski definition) is 1. The standard InChI is InChI=1S/C14H25NO3/c1-3-4-13(16)15-9-12-10-17-14(18-12)7-5-11(2)6-8-14/h11-12H,3-10H2,1-2H3,(H,15,16). The quantitative estimate of drug-likeness (QED) is 0.838. The van der Waals surface area contributed by atoms with E-state index in [1.165, 1.54) is 12.8 Å². The van der Waals surface area contributed by atoms with Crippen LogP contribution in [0.2, 0.25) is 0 Å². The van der Waals surface area contributed by atoms with E-state index in [9.17, 15) is 4.79 Å². The van der Waals surface area contributed by atoms with Gasteiger partial charge in [-0.05, 0) is 25.2 Å². The molecule has 2 rings (SSSR count). The normalized spacial score (nSPS) is 35.9. The van der Waals surface area contributed by atoms with Gasteiger partial charge in [-0.25, -0.2) is 0 Å². The Morgan fingerprint density at radius 2 is 2.11 bits per heavy atom. The fourth-order valence-corrected chi connectivity index (χ4v) is 2.72. The maximum atomic E-state index is 11.4. The van der Waals surface area contributed by atoms with Gasteiger partial charge in [0.15, 0.2) is 5.79 Å². The number of carbonyl (C=O) groups is 1. The predicted octanol–water partition coefficient (Wildman–Crippen LogP) is 2.22. The van der Waals surface area contributed by atoms with Crippen molar-refractivity contribution in [1.82, 2.24) is 5.32 Å². The molecular weight excluding hydrogens is 230 g/mol. The maximum absolute atomic E-state index is 11.4. The summed E-state index contributed by atoms with van der Waals surface area (Å²) in [5, 5.41) is 2.91. The van der Waals surface area contributed by atoms with Crippen molar-refractivity contribution in [2.45, 2.75) is 64.3 Å². The number of amides is 1. The molecule has 2 aliphatic rings. The molecule has 1 atom stereocenters. The van der Waals surface area contributed by atoms with E-state index in [-0.39, 0.29) is 17.8 Å². The van der Waals surface area contributed by atoms with Gasteiger partial charge < -0.3 is 14.8 Å². The molecule has 0 aromatic carbocycles. The molecule has 1 saturated heterocycles. The van der Waals surface area contributed by atoms with Crippen molar-refractivity contribution in [2.24, 2.45) is 5.92 Å². The molecule has 18 heavy (non-hydrogen) atoms. The van der Waals surface area contributed by atoms with Crippen LogP contribution in [-0.4, -0.2) is 30.9 Å². The Hall–Kier alpha value is -0.610. The Morgan fingerprint density at radius 1 is 1.39 bits per heavy atom. The Labute approximate surface area is 109 Å². The summed E-state index contributed by atoms with van der Waals surface area (Å²) in [7, 11) is 0. The topological polar surface area (TPSA) is 47.6 Å². The molecule has 4 nitrogen and oxygen atoms in total. The van der Waals surface area contributed by atoms with Crippen LogP contribution >= 0.6 is 0 Å². The summed E-state index contributed by atoms with van der Waals surface area (Å²) in [6.45, 7) is 5.48. The van der Waals surface area contributed by atoms with E-state index in [0.717, 1.165) is 25.2 Å². The van der Waals surface area contributed by atoms with Crippen molar-refractivity contribution in [3.05, 3.63) is 0 Å². The number of hydrogen-bond acceptors (Lipinski definition) is 3. The fourth-order valence-electron chi connectivity index (χ4n) is 2.72. The molecule has 0 radical (unpaired) electrons. The average Bonchev–Trinajstić information content (AvgIpc) is 2.75. The van der Waals surface area contributed by atoms with Gasteiger partial charge in [-0.2, -0.15) is 0 Å². The number of carbonyl (C=O) groups excluding carboxylic acids is 1. The lowest BCUT2D eigenvalue weighted by Gasteiger charge is -2.34. The van der Waals surface area contributed by atoms with E-state index in [4.69, 9.17) is 9.47 Å². The van der Waals surface area contributed by atoms with Crippen molar-refractivity contribution in [3.8, 4) is 0 Å². The van der Waals surface area contributed by atoms with Gasteiger partial charge in [0.05, 0.1) is 6.61 Å².